The van der Waals surface area contributed by atoms with Gasteiger partial charge in [0.2, 0.25) is 0 Å². The topological polar surface area (TPSA) is 29.5 Å². The van der Waals surface area contributed by atoms with Crippen molar-refractivity contribution in [3.63, 3.8) is 0 Å². The van der Waals surface area contributed by atoms with Crippen molar-refractivity contribution in [2.45, 2.75) is 85.6 Å². The van der Waals surface area contributed by atoms with Gasteiger partial charge in [0.05, 0.1) is 0 Å². The second-order valence-electron chi connectivity index (χ2n) is 8.15. The molecule has 0 unspecified atom stereocenters. The molecule has 0 atom stereocenters. The summed E-state index contributed by atoms with van der Waals surface area (Å²) in [6.07, 6.45) is 8.91. The second kappa shape index (κ2) is 19.6. The fourth-order valence-corrected chi connectivity index (χ4v) is 21.0. The van der Waals surface area contributed by atoms with Crippen molar-refractivity contribution in [3.05, 3.63) is 54.1 Å². The van der Waals surface area contributed by atoms with E-state index in [4.69, 9.17) is 9.84 Å². The molecule has 0 aliphatic rings. The van der Waals surface area contributed by atoms with E-state index in [1.54, 1.807) is 3.58 Å². The van der Waals surface area contributed by atoms with Gasteiger partial charge in [-0.25, -0.2) is 0 Å². The zero-order valence-electron chi connectivity index (χ0n) is 19.5. The predicted octanol–water partition coefficient (Wildman–Crippen LogP) is 6.76. The van der Waals surface area contributed by atoms with E-state index in [2.05, 4.69) is 39.0 Å². The molecule has 2 rings (SSSR count). The van der Waals surface area contributed by atoms with Crippen LogP contribution in [-0.2, 0) is 28.4 Å². The number of aliphatic hydroxyl groups excluding tert-OH is 1. The minimum absolute atomic E-state index is 0. The van der Waals surface area contributed by atoms with E-state index in [9.17, 15) is 0 Å². The second-order valence-corrected chi connectivity index (χ2v) is 21.3. The average Bonchev–Trinajstić information content (AvgIpc) is 3.46. The molecule has 1 N–H and O–H groups in total. The summed E-state index contributed by atoms with van der Waals surface area (Å²) in [5.41, 5.74) is 1.46. The Balaban J connectivity index is 0.00000122. The van der Waals surface area contributed by atoms with Gasteiger partial charge in [-0.05, 0) is 0 Å². The van der Waals surface area contributed by atoms with Crippen LogP contribution in [0.4, 0.5) is 0 Å². The molecule has 30 heavy (non-hydrogen) atoms. The van der Waals surface area contributed by atoms with E-state index in [0.717, 1.165) is 13.0 Å². The van der Waals surface area contributed by atoms with Crippen molar-refractivity contribution >= 4 is 22.0 Å². The summed E-state index contributed by atoms with van der Waals surface area (Å²) in [5, 5.41) is 8.93. The summed E-state index contributed by atoms with van der Waals surface area (Å²) in [5.74, 6) is 0. The minimum Gasteiger partial charge on any atom is -0.748 e. The Bertz CT molecular complexity index is 541. The maximum atomic E-state index is 8.93. The normalized spacial score (nSPS) is 10.9. The molecule has 2 nitrogen and oxygen atoms in total. The van der Waals surface area contributed by atoms with Crippen LogP contribution in [0.3, 0.4) is 0 Å². The summed E-state index contributed by atoms with van der Waals surface area (Å²) in [6, 6.07) is 17.0. The van der Waals surface area contributed by atoms with Crippen LogP contribution in [0.1, 0.15) is 71.3 Å². The molecule has 0 saturated carbocycles. The molecule has 0 bridgehead atoms. The Kier molecular flexibility index (Phi) is 19.6. The smallest absolute Gasteiger partial charge is 0 e. The third-order valence-electron chi connectivity index (χ3n) is 5.76. The minimum atomic E-state index is -2.33. The van der Waals surface area contributed by atoms with Gasteiger partial charge < -0.3 is 30.3 Å². The molecular weight excluding hydrogens is 519 g/mol. The third kappa shape index (κ3) is 11.5. The van der Waals surface area contributed by atoms with Gasteiger partial charge in [-0.1, -0.05) is 0 Å². The largest absolute Gasteiger partial charge is 0.748 e. The summed E-state index contributed by atoms with van der Waals surface area (Å²) in [6.45, 7) is 8.63. The molecule has 0 spiro atoms. The van der Waals surface area contributed by atoms with E-state index < -0.39 is 18.4 Å². The fraction of sp³-hybridized carbons (Fsp3) is 0.615. The van der Waals surface area contributed by atoms with Crippen LogP contribution in [0.5, 0.6) is 0 Å². The van der Waals surface area contributed by atoms with E-state index >= 15 is 0 Å². The maximum Gasteiger partial charge on any atom is 0 e. The summed E-state index contributed by atoms with van der Waals surface area (Å²) >= 11 is -2.33. The van der Waals surface area contributed by atoms with Crippen molar-refractivity contribution in [3.8, 4) is 0 Å². The maximum absolute atomic E-state index is 8.93. The first-order valence-corrected chi connectivity index (χ1v) is 19.3. The molecule has 0 aliphatic carbocycles. The molecule has 0 heterocycles. The van der Waals surface area contributed by atoms with Gasteiger partial charge >= 0.3 is 154 Å². The summed E-state index contributed by atoms with van der Waals surface area (Å²) in [7, 11) is 0. The number of hydrogen-bond donors (Lipinski definition) is 1. The molecule has 4 heteroatoms. The Morgan fingerprint density at radius 3 is 1.80 bits per heavy atom. The van der Waals surface area contributed by atoms with Crippen LogP contribution < -0.4 is 3.58 Å². The Labute approximate surface area is 200 Å². The zero-order valence-corrected chi connectivity index (χ0v) is 23.5. The number of ether oxygens (including phenoxy) is 1. The Morgan fingerprint density at radius 2 is 1.37 bits per heavy atom. The first kappa shape index (κ1) is 29.9. The predicted molar refractivity (Wildman–Crippen MR) is 130 cm³/mol. The van der Waals surface area contributed by atoms with Crippen LogP contribution in [0.15, 0.2) is 48.5 Å². The Hall–Kier alpha value is -0.0618. The molecule has 0 aliphatic heterocycles. The molecule has 0 aromatic heterocycles. The van der Waals surface area contributed by atoms with Crippen LogP contribution >= 0.6 is 0 Å². The monoisotopic (exact) mass is 564 g/mol. The molecule has 0 saturated heterocycles. The van der Waals surface area contributed by atoms with E-state index in [1.165, 1.54) is 57.4 Å². The molecule has 178 valence electrons. The molecule has 2 aromatic carbocycles. The Morgan fingerprint density at radius 1 is 0.867 bits per heavy atom. The van der Waals surface area contributed by atoms with Crippen LogP contribution in [-0.4, -0.2) is 36.7 Å². The SMILES string of the molecule is CCC[CH2][Sn]([CH2]CCC)([CH2]CCC)[c-]1cccc1COCCCO.[Fe].[cH-]1[cH-][cH-][cH-][cH-]1. The van der Waals surface area contributed by atoms with Gasteiger partial charge in [-0.15, -0.1) is 0 Å². The average molecular weight is 563 g/mol. The van der Waals surface area contributed by atoms with Crippen molar-refractivity contribution in [1.29, 1.82) is 0 Å². The molecule has 0 fully saturated rings. The van der Waals surface area contributed by atoms with E-state index in [0.29, 0.717) is 6.61 Å². The first-order chi connectivity index (χ1) is 14.2. The molecule has 0 radical (unpaired) electrons. The molecule has 2 aromatic rings. The first-order valence-electron chi connectivity index (χ1n) is 11.8. The van der Waals surface area contributed by atoms with Gasteiger partial charge in [0.25, 0.3) is 0 Å². The fourth-order valence-electron chi connectivity index (χ4n) is 4.09. The van der Waals surface area contributed by atoms with Crippen molar-refractivity contribution < 1.29 is 26.9 Å². The van der Waals surface area contributed by atoms with E-state index in [1.807, 2.05) is 30.3 Å². The summed E-state index contributed by atoms with van der Waals surface area (Å²) < 4.78 is 12.1. The number of hydrogen-bond acceptors (Lipinski definition) is 2. The van der Waals surface area contributed by atoms with Gasteiger partial charge in [0.15, 0.2) is 0 Å². The molecular formula is C26H44FeO2Sn-6. The van der Waals surface area contributed by atoms with Crippen LogP contribution in [0.25, 0.3) is 0 Å². The van der Waals surface area contributed by atoms with Gasteiger partial charge in [-0.3, -0.25) is 0 Å². The van der Waals surface area contributed by atoms with Gasteiger partial charge in [-0.2, -0.15) is 0 Å². The van der Waals surface area contributed by atoms with Crippen molar-refractivity contribution in [2.24, 2.45) is 0 Å². The number of rotatable bonds is 15. The zero-order chi connectivity index (χ0) is 21.2. The number of unbranched alkanes of at least 4 members (excludes halogenated alkanes) is 3. The quantitative estimate of drug-likeness (QED) is 0.148. The van der Waals surface area contributed by atoms with Gasteiger partial charge in [0.1, 0.15) is 0 Å². The van der Waals surface area contributed by atoms with Crippen LogP contribution in [0, 0.1) is 0 Å². The van der Waals surface area contributed by atoms with Gasteiger partial charge in [0, 0.05) is 17.1 Å². The third-order valence-corrected chi connectivity index (χ3v) is 21.6. The van der Waals surface area contributed by atoms with Crippen LogP contribution in [0.2, 0.25) is 13.3 Å². The number of aliphatic hydroxyl groups is 1. The standard InChI is InChI=1S/C9H12O2.C5H5.3C4H9.Fe.Sn/c10-6-3-7-11-8-9-4-1-2-5-9;1-2-4-5-3-1;3*1-3-4-2;;/h1-2,4,10H,3,6-8H2;1-5H;3*1,3-4H2,2H3;;/q-1;-5;;;;;. The van der Waals surface area contributed by atoms with Crippen molar-refractivity contribution in [1.82, 2.24) is 0 Å². The van der Waals surface area contributed by atoms with E-state index in [-0.39, 0.29) is 23.7 Å². The molecule has 0 amide bonds. The van der Waals surface area contributed by atoms with Crippen molar-refractivity contribution in [2.75, 3.05) is 13.2 Å². The summed E-state index contributed by atoms with van der Waals surface area (Å²) in [4.78, 5) is 0.